The number of fused-ring (bicyclic) bond motifs is 2. The van der Waals surface area contributed by atoms with Crippen molar-refractivity contribution in [2.45, 2.75) is 62.8 Å². The molecule has 0 N–H and O–H groups in total. The van der Waals surface area contributed by atoms with Gasteiger partial charge in [0, 0.05) is 10.8 Å². The molecule has 5 rings (SSSR count). The predicted octanol–water partition coefficient (Wildman–Crippen LogP) is 4.87. The zero-order valence-electron chi connectivity index (χ0n) is 22.0. The second-order valence-electron chi connectivity index (χ2n) is 10.7. The molecule has 0 spiro atoms. The van der Waals surface area contributed by atoms with Gasteiger partial charge in [0.05, 0.1) is 23.2 Å². The van der Waals surface area contributed by atoms with Crippen molar-refractivity contribution in [2.24, 2.45) is 5.92 Å². The number of thiazole rings is 1. The van der Waals surface area contributed by atoms with Gasteiger partial charge in [0.15, 0.2) is 0 Å². The number of hydrogen-bond acceptors (Lipinski definition) is 7. The van der Waals surface area contributed by atoms with Gasteiger partial charge in [0.25, 0.3) is 0 Å². The van der Waals surface area contributed by atoms with Crippen molar-refractivity contribution in [2.75, 3.05) is 11.5 Å². The quantitative estimate of drug-likeness (QED) is 0.333. The van der Waals surface area contributed by atoms with E-state index in [-0.39, 0.29) is 35.3 Å². The first-order chi connectivity index (χ1) is 18.0. The molecule has 3 aromatic rings. The van der Waals surface area contributed by atoms with Crippen LogP contribution < -0.4 is 9.77 Å². The number of amides is 2. The lowest BCUT2D eigenvalue weighted by molar-refractivity contribution is -0.144. The number of aromatic nitrogens is 1. The van der Waals surface area contributed by atoms with Crippen molar-refractivity contribution < 1.29 is 19.1 Å². The van der Waals surface area contributed by atoms with Crippen LogP contribution in [-0.2, 0) is 31.1 Å². The van der Waals surface area contributed by atoms with Gasteiger partial charge in [-0.2, -0.15) is 0 Å². The third-order valence-corrected chi connectivity index (χ3v) is 9.67. The summed E-state index contributed by atoms with van der Waals surface area (Å²) in [6.07, 6.45) is 0. The first kappa shape index (κ1) is 26.4. The SMILES string of the molecule is CCOC(=O)Cn1c2c(sc1=O)[C@@H](c1ccc(C(C)(C)C)cc1)[C@@H]1C(=O)N(c3ccc(C)cc3)C(=O)[C@@H]1S2. The van der Waals surface area contributed by atoms with E-state index in [4.69, 9.17) is 4.74 Å². The van der Waals surface area contributed by atoms with E-state index in [0.29, 0.717) is 15.6 Å². The number of thioether (sulfide) groups is 1. The molecule has 2 aliphatic heterocycles. The molecule has 0 bridgehead atoms. The number of carbonyl (C=O) groups is 3. The van der Waals surface area contributed by atoms with Gasteiger partial charge >= 0.3 is 10.8 Å². The van der Waals surface area contributed by atoms with Crippen molar-refractivity contribution in [3.05, 3.63) is 79.8 Å². The second-order valence-corrected chi connectivity index (χ2v) is 12.8. The molecular weight excluding hydrogens is 520 g/mol. The summed E-state index contributed by atoms with van der Waals surface area (Å²) >= 11 is 2.25. The van der Waals surface area contributed by atoms with Crippen LogP contribution in [0.2, 0.25) is 0 Å². The summed E-state index contributed by atoms with van der Waals surface area (Å²) in [5, 5.41) is -0.155. The highest BCUT2D eigenvalue weighted by molar-refractivity contribution is 8.00. The Bertz CT molecular complexity index is 1460. The highest BCUT2D eigenvalue weighted by Gasteiger charge is 2.56. The molecule has 0 unspecified atom stereocenters. The van der Waals surface area contributed by atoms with Crippen molar-refractivity contribution in [1.29, 1.82) is 0 Å². The number of anilines is 1. The molecule has 2 aromatic carbocycles. The van der Waals surface area contributed by atoms with Crippen LogP contribution in [0.15, 0.2) is 58.4 Å². The van der Waals surface area contributed by atoms with Gasteiger partial charge in [-0.25, -0.2) is 4.90 Å². The summed E-state index contributed by atoms with van der Waals surface area (Å²) in [5.74, 6) is -2.25. The Morgan fingerprint density at radius 3 is 2.24 bits per heavy atom. The molecule has 0 aliphatic carbocycles. The van der Waals surface area contributed by atoms with E-state index in [0.717, 1.165) is 28.0 Å². The minimum absolute atomic E-state index is 0.0518. The number of nitrogens with zero attached hydrogens (tertiary/aromatic N) is 2. The zero-order valence-corrected chi connectivity index (χ0v) is 23.7. The number of hydrogen-bond donors (Lipinski definition) is 0. The van der Waals surface area contributed by atoms with Crippen molar-refractivity contribution >= 4 is 46.6 Å². The fourth-order valence-corrected chi connectivity index (χ4v) is 7.86. The number of aryl methyl sites for hydroxylation is 1. The van der Waals surface area contributed by atoms with E-state index in [1.807, 2.05) is 43.3 Å². The Hall–Kier alpha value is -3.17. The van der Waals surface area contributed by atoms with E-state index in [1.54, 1.807) is 19.1 Å². The molecule has 7 nitrogen and oxygen atoms in total. The number of rotatable bonds is 5. The molecule has 1 aromatic heterocycles. The van der Waals surface area contributed by atoms with Crippen LogP contribution in [0.1, 0.15) is 55.2 Å². The summed E-state index contributed by atoms with van der Waals surface area (Å²) in [6.45, 7) is 10.0. The lowest BCUT2D eigenvalue weighted by Crippen LogP contribution is -2.32. The highest BCUT2D eigenvalue weighted by Crippen LogP contribution is 2.54. The smallest absolute Gasteiger partial charge is 0.326 e. The fraction of sp³-hybridized carbons (Fsp3) is 0.379. The topological polar surface area (TPSA) is 85.7 Å². The molecule has 38 heavy (non-hydrogen) atoms. The third-order valence-electron chi connectivity index (χ3n) is 7.07. The maximum Gasteiger partial charge on any atom is 0.326 e. The van der Waals surface area contributed by atoms with Crippen molar-refractivity contribution in [3.8, 4) is 0 Å². The minimum Gasteiger partial charge on any atom is -0.465 e. The highest BCUT2D eigenvalue weighted by atomic mass is 32.2. The van der Waals surface area contributed by atoms with E-state index in [9.17, 15) is 19.2 Å². The van der Waals surface area contributed by atoms with Crippen molar-refractivity contribution in [1.82, 2.24) is 4.57 Å². The van der Waals surface area contributed by atoms with Crippen LogP contribution in [0.25, 0.3) is 0 Å². The van der Waals surface area contributed by atoms with Crippen LogP contribution in [0, 0.1) is 12.8 Å². The van der Waals surface area contributed by atoms with Crippen LogP contribution in [0.3, 0.4) is 0 Å². The Balaban J connectivity index is 1.64. The molecule has 3 atom stereocenters. The number of ether oxygens (including phenoxy) is 1. The fourth-order valence-electron chi connectivity index (χ4n) is 5.09. The Morgan fingerprint density at radius 2 is 1.63 bits per heavy atom. The molecule has 2 aliphatic rings. The van der Waals surface area contributed by atoms with Crippen LogP contribution in [0.4, 0.5) is 5.69 Å². The van der Waals surface area contributed by atoms with Gasteiger partial charge in [-0.3, -0.25) is 23.7 Å². The number of carbonyl (C=O) groups excluding carboxylic acids is 3. The molecule has 0 radical (unpaired) electrons. The summed E-state index contributed by atoms with van der Waals surface area (Å²) in [4.78, 5) is 54.8. The first-order valence-corrected chi connectivity index (χ1v) is 14.3. The standard InChI is InChI=1S/C29H30N2O5S2/c1-6-36-20(32)15-30-27-24(38-28(30)35)21(17-9-11-18(12-10-17)29(3,4)5)22-23(37-27)26(34)31(25(22)33)19-13-7-16(2)8-14-19/h7-14,21-23H,6,15H2,1-5H3/t21-,22-,23+/m0/s1. The Labute approximate surface area is 229 Å². The van der Waals surface area contributed by atoms with Gasteiger partial charge in [-0.05, 0) is 42.5 Å². The molecule has 198 valence electrons. The monoisotopic (exact) mass is 550 g/mol. The van der Waals surface area contributed by atoms with Crippen LogP contribution in [-0.4, -0.2) is 34.2 Å². The van der Waals surface area contributed by atoms with Crippen LogP contribution >= 0.6 is 23.1 Å². The second kappa shape index (κ2) is 9.85. The number of esters is 1. The van der Waals surface area contributed by atoms with Gasteiger partial charge in [-0.15, -0.1) is 0 Å². The molecule has 9 heteroatoms. The average molecular weight is 551 g/mol. The predicted molar refractivity (Wildman–Crippen MR) is 149 cm³/mol. The Kier molecular flexibility index (Phi) is 6.86. The normalized spacial score (nSPS) is 20.9. The summed E-state index contributed by atoms with van der Waals surface area (Å²) in [7, 11) is 0. The number of imide groups is 1. The zero-order chi connectivity index (χ0) is 27.4. The number of benzene rings is 2. The molecule has 1 saturated heterocycles. The summed E-state index contributed by atoms with van der Waals surface area (Å²) in [6, 6.07) is 15.4. The van der Waals surface area contributed by atoms with Crippen LogP contribution in [0.5, 0.6) is 0 Å². The van der Waals surface area contributed by atoms with Crippen molar-refractivity contribution in [3.63, 3.8) is 0 Å². The summed E-state index contributed by atoms with van der Waals surface area (Å²) in [5.41, 5.74) is 3.53. The third kappa shape index (κ3) is 4.52. The average Bonchev–Trinajstić information content (AvgIpc) is 3.30. The Morgan fingerprint density at radius 1 is 0.974 bits per heavy atom. The maximum absolute atomic E-state index is 13.9. The van der Waals surface area contributed by atoms with E-state index in [1.165, 1.54) is 21.2 Å². The lowest BCUT2D eigenvalue weighted by atomic mass is 9.81. The van der Waals surface area contributed by atoms with E-state index in [2.05, 4.69) is 20.8 Å². The minimum atomic E-state index is -0.717. The molecular formula is C29H30N2O5S2. The van der Waals surface area contributed by atoms with E-state index >= 15 is 0 Å². The largest absolute Gasteiger partial charge is 0.465 e. The lowest BCUT2D eigenvalue weighted by Gasteiger charge is -2.31. The molecule has 3 heterocycles. The maximum atomic E-state index is 13.9. The van der Waals surface area contributed by atoms with Gasteiger partial charge in [0.2, 0.25) is 11.8 Å². The molecule has 2 amide bonds. The molecule has 1 fully saturated rings. The van der Waals surface area contributed by atoms with Gasteiger partial charge < -0.3 is 4.74 Å². The van der Waals surface area contributed by atoms with E-state index < -0.39 is 23.1 Å². The first-order valence-electron chi connectivity index (χ1n) is 12.6. The summed E-state index contributed by atoms with van der Waals surface area (Å²) < 4.78 is 6.49. The van der Waals surface area contributed by atoms with Gasteiger partial charge in [-0.1, -0.05) is 85.8 Å². The van der Waals surface area contributed by atoms with Gasteiger partial charge in [0.1, 0.15) is 11.8 Å². The molecule has 0 saturated carbocycles.